The molecule has 2 heteroatoms. The molecule has 0 amide bonds. The fourth-order valence-electron chi connectivity index (χ4n) is 3.51. The van der Waals surface area contributed by atoms with Crippen LogP contribution in [0.4, 0.5) is 0 Å². The Labute approximate surface area is 127 Å². The summed E-state index contributed by atoms with van der Waals surface area (Å²) < 4.78 is 0. The summed E-state index contributed by atoms with van der Waals surface area (Å²) >= 11 is 0. The molecule has 3 rings (SSSR count). The van der Waals surface area contributed by atoms with Crippen LogP contribution in [0.1, 0.15) is 30.0 Å². The van der Waals surface area contributed by atoms with Crippen molar-refractivity contribution in [2.24, 2.45) is 5.92 Å². The Hall–Kier alpha value is -1.67. The predicted molar refractivity (Wildman–Crippen MR) is 87.4 cm³/mol. The molecule has 0 bridgehead atoms. The molecule has 0 saturated carbocycles. The van der Waals surface area contributed by atoms with Crippen molar-refractivity contribution < 1.29 is 0 Å². The van der Waals surface area contributed by atoms with Gasteiger partial charge >= 0.3 is 0 Å². The number of nitrogens with one attached hydrogen (secondary N) is 1. The van der Waals surface area contributed by atoms with Crippen LogP contribution in [0.15, 0.2) is 48.8 Å². The molecule has 0 aliphatic heterocycles. The van der Waals surface area contributed by atoms with Crippen LogP contribution in [0.25, 0.3) is 0 Å². The van der Waals surface area contributed by atoms with E-state index in [4.69, 9.17) is 0 Å². The number of aromatic nitrogens is 1. The van der Waals surface area contributed by atoms with E-state index in [0.717, 1.165) is 18.9 Å². The van der Waals surface area contributed by atoms with Crippen LogP contribution in [0, 0.1) is 5.92 Å². The average Bonchev–Trinajstić information content (AvgIpc) is 2.55. The predicted octanol–water partition coefficient (Wildman–Crippen LogP) is 3.41. The summed E-state index contributed by atoms with van der Waals surface area (Å²) in [5.74, 6) is 0.722. The Morgan fingerprint density at radius 3 is 2.81 bits per heavy atom. The third-order valence-corrected chi connectivity index (χ3v) is 4.60. The molecule has 2 nitrogen and oxygen atoms in total. The lowest BCUT2D eigenvalue weighted by atomic mass is 9.78. The maximum Gasteiger partial charge on any atom is 0.0300 e. The molecule has 1 aromatic heterocycles. The number of aryl methyl sites for hydroxylation is 1. The van der Waals surface area contributed by atoms with Crippen LogP contribution in [0.2, 0.25) is 0 Å². The number of likely N-dealkylation sites (N-methyl/N-ethyl adjacent to an activating group) is 1. The lowest BCUT2D eigenvalue weighted by molar-refractivity contribution is 0.322. The topological polar surface area (TPSA) is 24.9 Å². The largest absolute Gasteiger partial charge is 0.314 e. The van der Waals surface area contributed by atoms with Crippen LogP contribution in [-0.4, -0.2) is 17.6 Å². The summed E-state index contributed by atoms with van der Waals surface area (Å²) in [6, 6.07) is 13.7. The number of nitrogens with zero attached hydrogens (tertiary/aromatic N) is 1. The summed E-state index contributed by atoms with van der Waals surface area (Å²) in [6.07, 6.45) is 8.64. The highest BCUT2D eigenvalue weighted by Gasteiger charge is 2.25. The highest BCUT2D eigenvalue weighted by atomic mass is 14.9. The molecule has 2 atom stereocenters. The first-order chi connectivity index (χ1) is 10.4. The minimum Gasteiger partial charge on any atom is -0.314 e. The minimum absolute atomic E-state index is 0.549. The van der Waals surface area contributed by atoms with Gasteiger partial charge < -0.3 is 5.32 Å². The van der Waals surface area contributed by atoms with Crippen molar-refractivity contribution in [3.8, 4) is 0 Å². The van der Waals surface area contributed by atoms with E-state index in [-0.39, 0.29) is 0 Å². The van der Waals surface area contributed by atoms with Crippen LogP contribution < -0.4 is 5.32 Å². The first-order valence-electron chi connectivity index (χ1n) is 8.06. The van der Waals surface area contributed by atoms with Crippen LogP contribution in [0.5, 0.6) is 0 Å². The van der Waals surface area contributed by atoms with Gasteiger partial charge in [0.25, 0.3) is 0 Å². The van der Waals surface area contributed by atoms with E-state index in [1.54, 1.807) is 11.1 Å². The van der Waals surface area contributed by atoms with Crippen molar-refractivity contribution in [3.63, 3.8) is 0 Å². The molecule has 110 valence electrons. The Balaban J connectivity index is 1.73. The smallest absolute Gasteiger partial charge is 0.0300 e. The van der Waals surface area contributed by atoms with E-state index in [9.17, 15) is 0 Å². The van der Waals surface area contributed by atoms with Gasteiger partial charge in [-0.1, -0.05) is 37.3 Å². The van der Waals surface area contributed by atoms with Crippen molar-refractivity contribution in [3.05, 3.63) is 65.5 Å². The summed E-state index contributed by atoms with van der Waals surface area (Å²) in [6.45, 7) is 3.23. The molecule has 2 unspecified atom stereocenters. The van der Waals surface area contributed by atoms with Gasteiger partial charge in [-0.05, 0) is 60.9 Å². The third-order valence-electron chi connectivity index (χ3n) is 4.60. The second kappa shape index (κ2) is 6.86. The molecule has 21 heavy (non-hydrogen) atoms. The van der Waals surface area contributed by atoms with Crippen molar-refractivity contribution >= 4 is 0 Å². The highest BCUT2D eigenvalue weighted by molar-refractivity contribution is 5.30. The standard InChI is InChI=1S/C19H24N2/c1-2-21-19(12-15-6-5-11-20-14-15)18-10-9-16-7-3-4-8-17(16)13-18/h3-8,11,14,18-19,21H,2,9-10,12-13H2,1H3. The second-order valence-electron chi connectivity index (χ2n) is 6.00. The number of fused-ring (bicyclic) bond motifs is 1. The molecular weight excluding hydrogens is 256 g/mol. The normalized spacial score (nSPS) is 19.0. The molecule has 1 heterocycles. The van der Waals surface area contributed by atoms with Gasteiger partial charge in [0.1, 0.15) is 0 Å². The Kier molecular flexibility index (Phi) is 4.66. The Morgan fingerprint density at radius 1 is 1.19 bits per heavy atom. The molecule has 1 aromatic carbocycles. The zero-order chi connectivity index (χ0) is 14.5. The van der Waals surface area contributed by atoms with Gasteiger partial charge in [0.05, 0.1) is 0 Å². The first-order valence-corrected chi connectivity index (χ1v) is 8.06. The molecule has 1 N–H and O–H groups in total. The monoisotopic (exact) mass is 280 g/mol. The number of hydrogen-bond donors (Lipinski definition) is 1. The molecule has 1 aliphatic carbocycles. The quantitative estimate of drug-likeness (QED) is 0.908. The summed E-state index contributed by atoms with van der Waals surface area (Å²) in [5.41, 5.74) is 4.43. The van der Waals surface area contributed by atoms with Gasteiger partial charge in [0.2, 0.25) is 0 Å². The van der Waals surface area contributed by atoms with E-state index in [1.165, 1.54) is 24.8 Å². The van der Waals surface area contributed by atoms with E-state index in [2.05, 4.69) is 47.6 Å². The van der Waals surface area contributed by atoms with Gasteiger partial charge in [0.15, 0.2) is 0 Å². The molecule has 0 radical (unpaired) electrons. The second-order valence-corrected chi connectivity index (χ2v) is 6.00. The van der Waals surface area contributed by atoms with Gasteiger partial charge in [-0.3, -0.25) is 4.98 Å². The van der Waals surface area contributed by atoms with Crippen LogP contribution >= 0.6 is 0 Å². The SMILES string of the molecule is CCNC(Cc1cccnc1)C1CCc2ccccc2C1. The minimum atomic E-state index is 0.549. The van der Waals surface area contributed by atoms with Crippen molar-refractivity contribution in [1.29, 1.82) is 0 Å². The van der Waals surface area contributed by atoms with Crippen molar-refractivity contribution in [2.75, 3.05) is 6.54 Å². The zero-order valence-corrected chi connectivity index (χ0v) is 12.8. The van der Waals surface area contributed by atoms with Gasteiger partial charge in [-0.25, -0.2) is 0 Å². The zero-order valence-electron chi connectivity index (χ0n) is 12.8. The summed E-state index contributed by atoms with van der Waals surface area (Å²) in [5, 5.41) is 3.70. The molecule has 0 fully saturated rings. The van der Waals surface area contributed by atoms with Gasteiger partial charge in [-0.15, -0.1) is 0 Å². The molecular formula is C19H24N2. The van der Waals surface area contributed by atoms with Crippen LogP contribution in [0.3, 0.4) is 0 Å². The Morgan fingerprint density at radius 2 is 2.05 bits per heavy atom. The fraction of sp³-hybridized carbons (Fsp3) is 0.421. The van der Waals surface area contributed by atoms with Crippen molar-refractivity contribution in [2.45, 2.75) is 38.6 Å². The Bertz CT molecular complexity index is 565. The average molecular weight is 280 g/mol. The van der Waals surface area contributed by atoms with Crippen LogP contribution in [-0.2, 0) is 19.3 Å². The van der Waals surface area contributed by atoms with Crippen molar-refractivity contribution in [1.82, 2.24) is 10.3 Å². The molecule has 1 aliphatic rings. The number of pyridine rings is 1. The third kappa shape index (κ3) is 3.51. The fourth-order valence-corrected chi connectivity index (χ4v) is 3.51. The maximum atomic E-state index is 4.25. The van der Waals surface area contributed by atoms with Gasteiger partial charge in [0, 0.05) is 18.4 Å². The maximum absolute atomic E-state index is 4.25. The van der Waals surface area contributed by atoms with E-state index in [1.807, 2.05) is 18.5 Å². The molecule has 0 spiro atoms. The van der Waals surface area contributed by atoms with E-state index < -0.39 is 0 Å². The number of hydrogen-bond acceptors (Lipinski definition) is 2. The van der Waals surface area contributed by atoms with E-state index >= 15 is 0 Å². The lowest BCUT2D eigenvalue weighted by Gasteiger charge is -2.32. The van der Waals surface area contributed by atoms with Gasteiger partial charge in [-0.2, -0.15) is 0 Å². The molecule has 0 saturated heterocycles. The van der Waals surface area contributed by atoms with E-state index in [0.29, 0.717) is 6.04 Å². The lowest BCUT2D eigenvalue weighted by Crippen LogP contribution is -2.40. The highest BCUT2D eigenvalue weighted by Crippen LogP contribution is 2.28. The number of benzene rings is 1. The summed E-state index contributed by atoms with van der Waals surface area (Å²) in [7, 11) is 0. The molecule has 2 aromatic rings. The number of rotatable bonds is 5. The first kappa shape index (κ1) is 14.3. The summed E-state index contributed by atoms with van der Waals surface area (Å²) in [4.78, 5) is 4.25.